The Kier molecular flexibility index (Phi) is 5.67. The number of carbonyl (C=O) groups is 1. The van der Waals surface area contributed by atoms with Gasteiger partial charge in [0, 0.05) is 18.2 Å². The molecule has 1 fully saturated rings. The van der Waals surface area contributed by atoms with Crippen LogP contribution in [-0.2, 0) is 17.9 Å². The Bertz CT molecular complexity index is 1010. The highest BCUT2D eigenvalue weighted by Gasteiger charge is 2.26. The molecule has 5 nitrogen and oxygen atoms in total. The predicted octanol–water partition coefficient (Wildman–Crippen LogP) is 4.52. The molecule has 1 aliphatic rings. The third-order valence-electron chi connectivity index (χ3n) is 6.02. The molecule has 0 aliphatic carbocycles. The lowest BCUT2D eigenvalue weighted by Crippen LogP contribution is -2.38. The van der Waals surface area contributed by atoms with Crippen LogP contribution in [0.2, 0.25) is 0 Å². The number of hydrogen-bond donors (Lipinski definition) is 1. The molecule has 1 saturated heterocycles. The number of para-hydroxylation sites is 2. The molecule has 0 atom stereocenters. The fourth-order valence-electron chi connectivity index (χ4n) is 4.26. The van der Waals surface area contributed by atoms with Crippen LogP contribution >= 0.6 is 0 Å². The van der Waals surface area contributed by atoms with Crippen LogP contribution in [0.25, 0.3) is 11.0 Å². The fraction of sp³-hybridized carbons (Fsp3) is 0.417. The minimum absolute atomic E-state index is 0.0798. The molecule has 29 heavy (non-hydrogen) atoms. The zero-order chi connectivity index (χ0) is 20.4. The summed E-state index contributed by atoms with van der Waals surface area (Å²) in [5.74, 6) is 1.35. The van der Waals surface area contributed by atoms with Gasteiger partial charge in [0.2, 0.25) is 5.91 Å². The van der Waals surface area contributed by atoms with E-state index >= 15 is 0 Å². The summed E-state index contributed by atoms with van der Waals surface area (Å²) in [5.41, 5.74) is 5.48. The number of rotatable bonds is 5. The number of aromatic nitrogens is 2. The Hall–Kier alpha value is -2.66. The number of benzene rings is 2. The average molecular weight is 391 g/mol. The first-order valence-corrected chi connectivity index (χ1v) is 10.6. The van der Waals surface area contributed by atoms with Crippen LogP contribution in [0.4, 0.5) is 5.69 Å². The highest BCUT2D eigenvalue weighted by atomic mass is 16.1. The first-order chi connectivity index (χ1) is 14.0. The zero-order valence-corrected chi connectivity index (χ0v) is 17.6. The number of likely N-dealkylation sites (tertiary alicyclic amines) is 1. The minimum atomic E-state index is 0.0798. The molecule has 1 amide bonds. The van der Waals surface area contributed by atoms with E-state index < -0.39 is 0 Å². The summed E-state index contributed by atoms with van der Waals surface area (Å²) in [5, 5.41) is 3.15. The van der Waals surface area contributed by atoms with Crippen LogP contribution in [0.3, 0.4) is 0 Å². The Morgan fingerprint density at radius 3 is 2.66 bits per heavy atom. The second kappa shape index (κ2) is 8.37. The first-order valence-electron chi connectivity index (χ1n) is 10.6. The van der Waals surface area contributed by atoms with Gasteiger partial charge in [-0.05, 0) is 76.0 Å². The smallest absolute Gasteiger partial charge is 0.227 e. The number of fused-ring (bicyclic) bond motifs is 1. The lowest BCUT2D eigenvalue weighted by atomic mass is 9.95. The van der Waals surface area contributed by atoms with Gasteiger partial charge in [-0.25, -0.2) is 4.98 Å². The summed E-state index contributed by atoms with van der Waals surface area (Å²) in [6.45, 7) is 9.88. The van der Waals surface area contributed by atoms with E-state index in [9.17, 15) is 4.79 Å². The molecular formula is C24H30N4O. The van der Waals surface area contributed by atoms with Crippen molar-refractivity contribution in [3.8, 4) is 0 Å². The molecule has 1 aromatic heterocycles. The van der Waals surface area contributed by atoms with Crippen LogP contribution in [0, 0.1) is 19.8 Å². The Morgan fingerprint density at radius 2 is 1.90 bits per heavy atom. The quantitative estimate of drug-likeness (QED) is 0.697. The van der Waals surface area contributed by atoms with Gasteiger partial charge in [0.15, 0.2) is 0 Å². The number of anilines is 1. The zero-order valence-electron chi connectivity index (χ0n) is 17.6. The first kappa shape index (κ1) is 19.6. The molecule has 0 spiro atoms. The van der Waals surface area contributed by atoms with Crippen LogP contribution in [0.15, 0.2) is 42.5 Å². The van der Waals surface area contributed by atoms with E-state index in [1.807, 2.05) is 13.0 Å². The third-order valence-corrected chi connectivity index (χ3v) is 6.02. The van der Waals surface area contributed by atoms with Crippen LogP contribution in [0.1, 0.15) is 36.7 Å². The van der Waals surface area contributed by atoms with E-state index in [0.29, 0.717) is 0 Å². The third kappa shape index (κ3) is 4.20. The average Bonchev–Trinajstić information content (AvgIpc) is 3.08. The maximum Gasteiger partial charge on any atom is 0.227 e. The van der Waals surface area contributed by atoms with Gasteiger partial charge in [-0.3, -0.25) is 9.69 Å². The number of aryl methyl sites for hydroxylation is 3. The van der Waals surface area contributed by atoms with Gasteiger partial charge in [0.1, 0.15) is 5.82 Å². The summed E-state index contributed by atoms with van der Waals surface area (Å²) in [4.78, 5) is 20.0. The van der Waals surface area contributed by atoms with Gasteiger partial charge < -0.3 is 9.88 Å². The lowest BCUT2D eigenvalue weighted by Gasteiger charge is -2.31. The number of nitrogens with one attached hydrogen (secondary N) is 1. The van der Waals surface area contributed by atoms with Crippen molar-refractivity contribution in [2.24, 2.45) is 5.92 Å². The van der Waals surface area contributed by atoms with E-state index in [1.54, 1.807) is 0 Å². The van der Waals surface area contributed by atoms with E-state index in [4.69, 9.17) is 4.98 Å². The van der Waals surface area contributed by atoms with Crippen molar-refractivity contribution < 1.29 is 4.79 Å². The number of piperidine rings is 1. The number of nitrogens with zero attached hydrogens (tertiary/aromatic N) is 3. The van der Waals surface area contributed by atoms with Crippen molar-refractivity contribution in [1.82, 2.24) is 14.5 Å². The van der Waals surface area contributed by atoms with Crippen molar-refractivity contribution in [2.45, 2.75) is 46.7 Å². The molecule has 152 valence electrons. The Morgan fingerprint density at radius 1 is 1.14 bits per heavy atom. The van der Waals surface area contributed by atoms with Crippen molar-refractivity contribution >= 4 is 22.6 Å². The highest BCUT2D eigenvalue weighted by molar-refractivity contribution is 5.93. The normalized spacial score (nSPS) is 15.7. The molecule has 0 saturated carbocycles. The molecule has 2 heterocycles. The monoisotopic (exact) mass is 390 g/mol. The molecule has 4 rings (SSSR count). The molecule has 5 heteroatoms. The summed E-state index contributed by atoms with van der Waals surface area (Å²) in [6.07, 6.45) is 1.78. The molecule has 3 aromatic rings. The minimum Gasteiger partial charge on any atom is -0.327 e. The molecule has 2 aromatic carbocycles. The standard InChI is InChI=1S/C24H30N4O/c1-4-28-22-8-6-5-7-20(22)25-23(28)16-27-13-11-19(12-14-27)24(29)26-21-15-17(2)9-10-18(21)3/h5-10,15,19H,4,11-14,16H2,1-3H3,(H,26,29). The SMILES string of the molecule is CCn1c(CN2CCC(C(=O)Nc3cc(C)ccc3C)CC2)nc2ccccc21. The summed E-state index contributed by atoms with van der Waals surface area (Å²) >= 11 is 0. The Labute approximate surface area is 172 Å². The molecule has 0 bridgehead atoms. The number of carbonyl (C=O) groups excluding carboxylic acids is 1. The van der Waals surface area contributed by atoms with Gasteiger partial charge >= 0.3 is 0 Å². The summed E-state index contributed by atoms with van der Waals surface area (Å²) in [7, 11) is 0. The lowest BCUT2D eigenvalue weighted by molar-refractivity contribution is -0.121. The van der Waals surface area contributed by atoms with E-state index in [0.717, 1.165) is 61.6 Å². The van der Waals surface area contributed by atoms with Crippen molar-refractivity contribution in [2.75, 3.05) is 18.4 Å². The van der Waals surface area contributed by atoms with Crippen LogP contribution in [-0.4, -0.2) is 33.4 Å². The molecular weight excluding hydrogens is 360 g/mol. The van der Waals surface area contributed by atoms with Gasteiger partial charge in [0.25, 0.3) is 0 Å². The van der Waals surface area contributed by atoms with Crippen molar-refractivity contribution in [3.63, 3.8) is 0 Å². The second-order valence-electron chi connectivity index (χ2n) is 8.12. The van der Waals surface area contributed by atoms with E-state index in [1.165, 1.54) is 11.1 Å². The van der Waals surface area contributed by atoms with Crippen molar-refractivity contribution in [1.29, 1.82) is 0 Å². The topological polar surface area (TPSA) is 50.2 Å². The van der Waals surface area contributed by atoms with Crippen LogP contribution in [0.5, 0.6) is 0 Å². The number of amides is 1. The van der Waals surface area contributed by atoms with Gasteiger partial charge in [-0.15, -0.1) is 0 Å². The van der Waals surface area contributed by atoms with Gasteiger partial charge in [-0.1, -0.05) is 24.3 Å². The fourth-order valence-corrected chi connectivity index (χ4v) is 4.26. The van der Waals surface area contributed by atoms with Crippen LogP contribution < -0.4 is 5.32 Å². The highest BCUT2D eigenvalue weighted by Crippen LogP contribution is 2.24. The van der Waals surface area contributed by atoms with E-state index in [-0.39, 0.29) is 11.8 Å². The van der Waals surface area contributed by atoms with E-state index in [2.05, 4.69) is 65.0 Å². The number of imidazole rings is 1. The van der Waals surface area contributed by atoms with Gasteiger partial charge in [-0.2, -0.15) is 0 Å². The molecule has 1 aliphatic heterocycles. The summed E-state index contributed by atoms with van der Waals surface area (Å²) < 4.78 is 2.30. The summed E-state index contributed by atoms with van der Waals surface area (Å²) in [6, 6.07) is 14.5. The molecule has 1 N–H and O–H groups in total. The van der Waals surface area contributed by atoms with Crippen molar-refractivity contribution in [3.05, 3.63) is 59.4 Å². The largest absolute Gasteiger partial charge is 0.327 e. The predicted molar refractivity (Wildman–Crippen MR) is 118 cm³/mol. The molecule has 0 unspecified atom stereocenters. The molecule has 0 radical (unpaired) electrons. The second-order valence-corrected chi connectivity index (χ2v) is 8.12. The maximum absolute atomic E-state index is 12.8. The number of hydrogen-bond acceptors (Lipinski definition) is 3. The Balaban J connectivity index is 1.37. The maximum atomic E-state index is 12.8. The van der Waals surface area contributed by atoms with Gasteiger partial charge in [0.05, 0.1) is 17.6 Å².